The first-order chi connectivity index (χ1) is 16.1. The van der Waals surface area contributed by atoms with Crippen molar-refractivity contribution in [2.45, 2.75) is 43.9 Å². The van der Waals surface area contributed by atoms with Crippen molar-refractivity contribution in [2.24, 2.45) is 4.99 Å². The molecule has 0 unspecified atom stereocenters. The van der Waals surface area contributed by atoms with Crippen LogP contribution in [-0.2, 0) is 15.8 Å². The van der Waals surface area contributed by atoms with Crippen LogP contribution >= 0.6 is 11.6 Å². The predicted octanol–water partition coefficient (Wildman–Crippen LogP) is 5.16. The van der Waals surface area contributed by atoms with E-state index in [4.69, 9.17) is 21.9 Å². The highest BCUT2D eigenvalue weighted by molar-refractivity contribution is 6.47. The number of nitrogens with one attached hydrogen (secondary N) is 1. The number of rotatable bonds is 4. The van der Waals surface area contributed by atoms with Gasteiger partial charge < -0.3 is 10.2 Å². The van der Waals surface area contributed by atoms with Crippen molar-refractivity contribution >= 4 is 34.8 Å². The van der Waals surface area contributed by atoms with Gasteiger partial charge in [-0.05, 0) is 49.9 Å². The quantitative estimate of drug-likeness (QED) is 0.645. The lowest BCUT2D eigenvalue weighted by Gasteiger charge is -2.38. The van der Waals surface area contributed by atoms with Crippen molar-refractivity contribution in [2.75, 3.05) is 11.9 Å². The number of aliphatic imine (C=N–C) groups is 1. The number of carbonyl (C=O) groups excluding carboxylic acids is 2. The molecule has 0 saturated heterocycles. The first-order valence-corrected chi connectivity index (χ1v) is 11.1. The molecule has 1 N–H and O–H groups in total. The molecule has 0 aromatic heterocycles. The summed E-state index contributed by atoms with van der Waals surface area (Å²) in [5.74, 6) is -1.10. The molecule has 0 bridgehead atoms. The molecular weight excluding hydrogens is 469 g/mol. The number of carbonyl (C=O) groups is 2. The van der Waals surface area contributed by atoms with Crippen molar-refractivity contribution in [3.8, 4) is 6.07 Å². The van der Waals surface area contributed by atoms with E-state index in [1.54, 1.807) is 24.3 Å². The van der Waals surface area contributed by atoms with Crippen molar-refractivity contribution in [3.05, 3.63) is 64.2 Å². The van der Waals surface area contributed by atoms with Gasteiger partial charge in [-0.1, -0.05) is 36.2 Å². The topological polar surface area (TPSA) is 85.6 Å². The Bertz CT molecular complexity index is 1200. The second-order valence-electron chi connectivity index (χ2n) is 8.30. The summed E-state index contributed by atoms with van der Waals surface area (Å²) in [6.07, 6.45) is -0.869. The third kappa shape index (κ3) is 4.50. The minimum Gasteiger partial charge on any atom is -0.323 e. The molecule has 1 fully saturated rings. The summed E-state index contributed by atoms with van der Waals surface area (Å²) in [5, 5.41) is 10.8. The summed E-state index contributed by atoms with van der Waals surface area (Å²) in [7, 11) is 0. The van der Waals surface area contributed by atoms with Gasteiger partial charge in [0.1, 0.15) is 17.9 Å². The number of amides is 2. The fourth-order valence-corrected chi connectivity index (χ4v) is 4.70. The molecule has 2 amide bonds. The number of nitriles is 1. The fraction of sp³-hybridized carbons (Fsp3) is 0.333. The highest BCUT2D eigenvalue weighted by Crippen LogP contribution is 2.40. The molecule has 0 atom stereocenters. The van der Waals surface area contributed by atoms with Crippen molar-refractivity contribution in [1.82, 2.24) is 4.90 Å². The first kappa shape index (κ1) is 23.8. The smallest absolute Gasteiger partial charge is 0.323 e. The maximum absolute atomic E-state index is 13.3. The average molecular weight is 489 g/mol. The van der Waals surface area contributed by atoms with Gasteiger partial charge >= 0.3 is 6.18 Å². The van der Waals surface area contributed by atoms with Gasteiger partial charge in [0.15, 0.2) is 0 Å². The van der Waals surface area contributed by atoms with Crippen molar-refractivity contribution < 1.29 is 22.8 Å². The second-order valence-corrected chi connectivity index (χ2v) is 8.67. The van der Waals surface area contributed by atoms with Gasteiger partial charge in [-0.2, -0.15) is 18.4 Å². The standard InChI is InChI=1S/C24H20ClF3N4O2/c25-20-17(24(26,27)28)5-4-6-18(20)30-19(33)14-32-22(34)21(16-9-7-15(13-29)8-10-16)31-23(32)11-2-1-3-12-23/h4-10H,1-3,11-12,14H2,(H,30,33). The highest BCUT2D eigenvalue weighted by atomic mass is 35.5. The number of alkyl halides is 3. The first-order valence-electron chi connectivity index (χ1n) is 10.7. The minimum absolute atomic E-state index is 0.181. The maximum atomic E-state index is 13.3. The largest absolute Gasteiger partial charge is 0.417 e. The van der Waals surface area contributed by atoms with E-state index in [0.29, 0.717) is 24.0 Å². The van der Waals surface area contributed by atoms with Gasteiger partial charge in [0, 0.05) is 5.56 Å². The van der Waals surface area contributed by atoms with Gasteiger partial charge in [0.05, 0.1) is 27.9 Å². The summed E-state index contributed by atoms with van der Waals surface area (Å²) in [5.41, 5.74) is -0.933. The normalized spacial score (nSPS) is 17.4. The lowest BCUT2D eigenvalue weighted by Crippen LogP contribution is -2.51. The van der Waals surface area contributed by atoms with Crippen molar-refractivity contribution in [3.63, 3.8) is 0 Å². The molecule has 6 nitrogen and oxygen atoms in total. The SMILES string of the molecule is N#Cc1ccc(C2=NC3(CCCCC3)N(CC(=O)Nc3cccc(C(F)(F)F)c3Cl)C2=O)cc1. The van der Waals surface area contributed by atoms with Gasteiger partial charge in [0.25, 0.3) is 5.91 Å². The van der Waals surface area contributed by atoms with E-state index >= 15 is 0 Å². The van der Waals surface area contributed by atoms with Crippen LogP contribution in [0.25, 0.3) is 0 Å². The van der Waals surface area contributed by atoms with Crippen LogP contribution in [0.5, 0.6) is 0 Å². The van der Waals surface area contributed by atoms with Crippen LogP contribution in [0.2, 0.25) is 5.02 Å². The molecule has 176 valence electrons. The van der Waals surface area contributed by atoms with Crippen LogP contribution < -0.4 is 5.32 Å². The average Bonchev–Trinajstić information content (AvgIpc) is 3.06. The number of hydrogen-bond donors (Lipinski definition) is 1. The monoisotopic (exact) mass is 488 g/mol. The molecule has 0 radical (unpaired) electrons. The molecule has 2 aliphatic rings. The summed E-state index contributed by atoms with van der Waals surface area (Å²) >= 11 is 5.89. The number of hydrogen-bond acceptors (Lipinski definition) is 4. The molecule has 1 aliphatic carbocycles. The van der Waals surface area contributed by atoms with E-state index in [-0.39, 0.29) is 17.9 Å². The zero-order chi connectivity index (χ0) is 24.5. The lowest BCUT2D eigenvalue weighted by molar-refractivity contribution is -0.137. The molecule has 1 spiro atoms. The number of benzene rings is 2. The Morgan fingerprint density at radius 3 is 2.44 bits per heavy atom. The zero-order valence-electron chi connectivity index (χ0n) is 18.0. The van der Waals surface area contributed by atoms with E-state index < -0.39 is 34.2 Å². The molecule has 4 rings (SSSR count). The minimum atomic E-state index is -4.67. The number of halogens is 4. The third-order valence-corrected chi connectivity index (χ3v) is 6.50. The van der Waals surface area contributed by atoms with Gasteiger partial charge in [-0.15, -0.1) is 0 Å². The Morgan fingerprint density at radius 2 is 1.82 bits per heavy atom. The molecule has 2 aromatic rings. The Morgan fingerprint density at radius 1 is 1.15 bits per heavy atom. The van der Waals surface area contributed by atoms with Gasteiger partial charge in [-0.3, -0.25) is 14.6 Å². The summed E-state index contributed by atoms with van der Waals surface area (Å²) < 4.78 is 39.5. The Hall–Kier alpha value is -3.38. The third-order valence-electron chi connectivity index (χ3n) is 6.09. The van der Waals surface area contributed by atoms with Crippen molar-refractivity contribution in [1.29, 1.82) is 5.26 Å². The van der Waals surface area contributed by atoms with Crippen LogP contribution in [0, 0.1) is 11.3 Å². The molecular formula is C24H20ClF3N4O2. The molecule has 1 saturated carbocycles. The molecule has 1 heterocycles. The fourth-order valence-electron chi connectivity index (χ4n) is 4.42. The second kappa shape index (κ2) is 9.11. The predicted molar refractivity (Wildman–Crippen MR) is 120 cm³/mol. The van der Waals surface area contributed by atoms with Crippen LogP contribution in [0.15, 0.2) is 47.5 Å². The maximum Gasteiger partial charge on any atom is 0.417 e. The van der Waals surface area contributed by atoms with Crippen LogP contribution in [0.4, 0.5) is 18.9 Å². The van der Waals surface area contributed by atoms with E-state index in [0.717, 1.165) is 31.4 Å². The van der Waals surface area contributed by atoms with Gasteiger partial charge in [0.2, 0.25) is 5.91 Å². The van der Waals surface area contributed by atoms with Crippen LogP contribution in [0.1, 0.15) is 48.8 Å². The highest BCUT2D eigenvalue weighted by Gasteiger charge is 2.48. The Balaban J connectivity index is 1.59. The van der Waals surface area contributed by atoms with Crippen LogP contribution in [0.3, 0.4) is 0 Å². The Labute approximate surface area is 199 Å². The molecule has 10 heteroatoms. The summed E-state index contributed by atoms with van der Waals surface area (Å²) in [6, 6.07) is 11.7. The number of anilines is 1. The Kier molecular flexibility index (Phi) is 6.36. The van der Waals surface area contributed by atoms with E-state index in [1.165, 1.54) is 11.0 Å². The summed E-state index contributed by atoms with van der Waals surface area (Å²) in [4.78, 5) is 32.3. The van der Waals surface area contributed by atoms with E-state index in [9.17, 15) is 22.8 Å². The molecule has 34 heavy (non-hydrogen) atoms. The summed E-state index contributed by atoms with van der Waals surface area (Å²) in [6.45, 7) is -0.380. The zero-order valence-corrected chi connectivity index (χ0v) is 18.7. The van der Waals surface area contributed by atoms with Gasteiger partial charge in [-0.25, -0.2) is 0 Å². The lowest BCUT2D eigenvalue weighted by atomic mass is 9.88. The molecule has 1 aliphatic heterocycles. The van der Waals surface area contributed by atoms with Crippen LogP contribution in [-0.4, -0.2) is 34.6 Å². The van der Waals surface area contributed by atoms with E-state index in [1.807, 2.05) is 6.07 Å². The van der Waals surface area contributed by atoms with E-state index in [2.05, 4.69) is 5.32 Å². The number of nitrogens with zero attached hydrogens (tertiary/aromatic N) is 3. The molecule has 2 aromatic carbocycles.